The van der Waals surface area contributed by atoms with Crippen molar-refractivity contribution < 1.29 is 78.3 Å². The summed E-state index contributed by atoms with van der Waals surface area (Å²) in [5.74, 6) is 0. The van der Waals surface area contributed by atoms with Crippen LogP contribution in [0.3, 0.4) is 0 Å². The van der Waals surface area contributed by atoms with Crippen molar-refractivity contribution in [2.24, 2.45) is 0 Å². The van der Waals surface area contributed by atoms with Gasteiger partial charge in [-0.2, -0.15) is 0 Å². The Balaban J connectivity index is 0. The third kappa shape index (κ3) is 6.11. The van der Waals surface area contributed by atoms with E-state index in [1.807, 2.05) is 0 Å². The molecule has 1 aliphatic heterocycles. The molecule has 6 heavy (non-hydrogen) atoms. The Bertz CT molecular complexity index is 30.0. The summed E-state index contributed by atoms with van der Waals surface area (Å²) in [7, 11) is 0. The van der Waals surface area contributed by atoms with Gasteiger partial charge in [-0.1, -0.05) is 0 Å². The molecule has 1 rings (SSSR count). The zero-order valence-corrected chi connectivity index (χ0v) is 7.74. The van der Waals surface area contributed by atoms with Crippen LogP contribution in [-0.4, -0.2) is 0 Å². The number of hydrogen-bond donors (Lipinski definition) is 0. The third-order valence-corrected chi connectivity index (χ3v) is 0.441. The normalized spacial score (nSPS) is 20.5. The van der Waals surface area contributed by atoms with Crippen molar-refractivity contribution >= 4 is 0 Å². The van der Waals surface area contributed by atoms with E-state index in [0.717, 1.165) is 0 Å². The van der Waals surface area contributed by atoms with Crippen molar-refractivity contribution in [2.45, 2.75) is 0 Å². The molecular formula is FeNaO3Ti. The summed E-state index contributed by atoms with van der Waals surface area (Å²) in [5, 5.41) is 0. The van der Waals surface area contributed by atoms with Crippen LogP contribution in [-0.2, 0) is 44.5 Å². The average Bonchev–Trinajstić information content (AvgIpc) is 1.75. The summed E-state index contributed by atoms with van der Waals surface area (Å²) in [6, 6.07) is 0. The Morgan fingerprint density at radius 2 is 1.50 bits per heavy atom. The first-order valence-electron chi connectivity index (χ1n) is 0.600. The first-order valence-corrected chi connectivity index (χ1v) is 1.95. The van der Waals surface area contributed by atoms with Crippen molar-refractivity contribution in [1.82, 2.24) is 0 Å². The Kier molecular flexibility index (Phi) is 9.62. The molecule has 1 heterocycles. The summed E-state index contributed by atoms with van der Waals surface area (Å²) in [4.78, 5) is 0. The largest absolute Gasteiger partial charge is 0 e. The molecule has 31 valence electrons. The van der Waals surface area contributed by atoms with Gasteiger partial charge >= 0.3 is 56.6 Å². The molecule has 0 aromatic carbocycles. The molecular weight excluding hydrogens is 175 g/mol. The second-order valence-electron chi connectivity index (χ2n) is 0.295. The fourth-order valence-electron chi connectivity index (χ4n) is 0.00851. The van der Waals surface area contributed by atoms with Gasteiger partial charge in [0.05, 0.1) is 0 Å². The molecule has 0 aromatic rings. The maximum atomic E-state index is 9.28. The van der Waals surface area contributed by atoms with Crippen LogP contribution in [0.4, 0.5) is 0 Å². The summed E-state index contributed by atoms with van der Waals surface area (Å²) in [5.41, 5.74) is 0. The van der Waals surface area contributed by atoms with Gasteiger partial charge in [-0.3, -0.25) is 0 Å². The van der Waals surface area contributed by atoms with Crippen LogP contribution in [0.15, 0.2) is 0 Å². The Morgan fingerprint density at radius 3 is 1.50 bits per heavy atom. The summed E-state index contributed by atoms with van der Waals surface area (Å²) in [6.45, 7) is 0. The van der Waals surface area contributed by atoms with Crippen LogP contribution in [0.5, 0.6) is 0 Å². The minimum absolute atomic E-state index is 0. The van der Waals surface area contributed by atoms with Crippen molar-refractivity contribution in [2.75, 3.05) is 0 Å². The van der Waals surface area contributed by atoms with E-state index < -0.39 is 14.9 Å². The van der Waals surface area contributed by atoms with Crippen LogP contribution >= 0.6 is 0 Å². The van der Waals surface area contributed by atoms with Gasteiger partial charge in [0.15, 0.2) is 0 Å². The van der Waals surface area contributed by atoms with Crippen LogP contribution in [0.1, 0.15) is 0 Å². The molecule has 0 radical (unpaired) electrons. The molecule has 1 fully saturated rings. The van der Waals surface area contributed by atoms with Gasteiger partial charge in [-0.05, 0) is 0 Å². The maximum absolute atomic E-state index is 9.28. The molecule has 0 unspecified atom stereocenters. The Labute approximate surface area is 77.3 Å². The third-order valence-electron chi connectivity index (χ3n) is 0.107. The Hall–Kier alpha value is 2.11. The quantitative estimate of drug-likeness (QED) is 0.212. The molecule has 0 bridgehead atoms. The molecule has 0 N–H and O–H groups in total. The van der Waals surface area contributed by atoms with Gasteiger partial charge in [-0.15, -0.1) is 0 Å². The molecule has 1 aliphatic rings. The van der Waals surface area contributed by atoms with Crippen molar-refractivity contribution in [3.05, 3.63) is 0 Å². The summed E-state index contributed by atoms with van der Waals surface area (Å²) < 4.78 is 16.8. The molecule has 0 aromatic heterocycles. The SMILES string of the molecule is [Na+].[O-][Fe]1[O][O]1.[Ti]. The van der Waals surface area contributed by atoms with Gasteiger partial charge in [0.25, 0.3) is 0 Å². The summed E-state index contributed by atoms with van der Waals surface area (Å²) >= 11 is -1.75. The number of rotatable bonds is 0. The van der Waals surface area contributed by atoms with Gasteiger partial charge in [-0.25, -0.2) is 0 Å². The van der Waals surface area contributed by atoms with Gasteiger partial charge in [0, 0.05) is 21.7 Å². The predicted molar refractivity (Wildman–Crippen MR) is 2.17 cm³/mol. The van der Waals surface area contributed by atoms with Gasteiger partial charge in [0.2, 0.25) is 0 Å². The molecule has 6 heteroatoms. The molecule has 0 saturated carbocycles. The minimum atomic E-state index is -1.75. The van der Waals surface area contributed by atoms with E-state index in [4.69, 9.17) is 0 Å². The minimum Gasteiger partial charge on any atom is 0 e. The summed E-state index contributed by atoms with van der Waals surface area (Å²) in [6.07, 6.45) is 0. The fourth-order valence-corrected chi connectivity index (χ4v) is 0.145. The van der Waals surface area contributed by atoms with E-state index in [-0.39, 0.29) is 51.3 Å². The van der Waals surface area contributed by atoms with E-state index in [1.54, 1.807) is 0 Å². The smallest absolute Gasteiger partial charge is 0 e. The average molecular weight is 175 g/mol. The number of hydrogen-bond acceptors (Lipinski definition) is 3. The first kappa shape index (κ1) is 11.0. The maximum Gasteiger partial charge on any atom is 0 e. The molecule has 0 amide bonds. The van der Waals surface area contributed by atoms with Crippen molar-refractivity contribution in [1.29, 1.82) is 0 Å². The van der Waals surface area contributed by atoms with Gasteiger partial charge in [0.1, 0.15) is 0 Å². The zero-order valence-electron chi connectivity index (χ0n) is 3.08. The van der Waals surface area contributed by atoms with E-state index in [0.29, 0.717) is 0 Å². The Morgan fingerprint density at radius 1 is 1.33 bits per heavy atom. The molecule has 3 nitrogen and oxygen atoms in total. The molecule has 0 atom stereocenters. The fraction of sp³-hybridized carbons (Fsp3) is 0. The van der Waals surface area contributed by atoms with Crippen LogP contribution < -0.4 is 33.7 Å². The van der Waals surface area contributed by atoms with E-state index in [1.165, 1.54) is 0 Å². The second-order valence-corrected chi connectivity index (χ2v) is 1.21. The second kappa shape index (κ2) is 5.25. The van der Waals surface area contributed by atoms with E-state index >= 15 is 0 Å². The van der Waals surface area contributed by atoms with Crippen LogP contribution in [0, 0.1) is 0 Å². The molecule has 0 aliphatic carbocycles. The molecule has 0 spiro atoms. The van der Waals surface area contributed by atoms with Gasteiger partial charge < -0.3 is 0 Å². The predicted octanol–water partition coefficient (Wildman–Crippen LogP) is -4.33. The molecule has 1 saturated heterocycles. The van der Waals surface area contributed by atoms with Crippen LogP contribution in [0.25, 0.3) is 0 Å². The first-order chi connectivity index (χ1) is 1.89. The van der Waals surface area contributed by atoms with Crippen molar-refractivity contribution in [3.63, 3.8) is 0 Å². The standard InChI is InChI=1S/Fe.Na.O2.O.Ti/c;;1-2;;/q+2;+1;-2;-1;. The van der Waals surface area contributed by atoms with Crippen molar-refractivity contribution in [3.8, 4) is 0 Å². The van der Waals surface area contributed by atoms with E-state index in [2.05, 4.69) is 7.94 Å². The zero-order chi connectivity index (χ0) is 2.99. The topological polar surface area (TPSA) is 48.1 Å². The monoisotopic (exact) mass is 175 g/mol. The van der Waals surface area contributed by atoms with E-state index in [9.17, 15) is 4.19 Å². The van der Waals surface area contributed by atoms with Crippen LogP contribution in [0.2, 0.25) is 0 Å².